The van der Waals surface area contributed by atoms with Crippen molar-refractivity contribution in [2.75, 3.05) is 5.73 Å². The molecule has 0 bridgehead atoms. The topological polar surface area (TPSA) is 63.4 Å². The SMILES string of the molecule is Cc1cc(N)ccc1SC1CC(=O)N(C(C)C)C1=O. The molecule has 2 N–H and O–H groups in total. The number of carbonyl (C=O) groups is 2. The van der Waals surface area contributed by atoms with Gasteiger partial charge in [-0.3, -0.25) is 14.5 Å². The van der Waals surface area contributed by atoms with Gasteiger partial charge >= 0.3 is 0 Å². The van der Waals surface area contributed by atoms with E-state index in [1.807, 2.05) is 39.0 Å². The molecular formula is C14H18N2O2S. The van der Waals surface area contributed by atoms with Crippen molar-refractivity contribution in [1.29, 1.82) is 0 Å². The Balaban J connectivity index is 2.16. The molecule has 1 aliphatic heterocycles. The largest absolute Gasteiger partial charge is 0.399 e. The molecule has 1 heterocycles. The van der Waals surface area contributed by atoms with Crippen LogP contribution < -0.4 is 5.73 Å². The van der Waals surface area contributed by atoms with Crippen LogP contribution in [0.15, 0.2) is 23.1 Å². The van der Waals surface area contributed by atoms with Crippen LogP contribution in [0.25, 0.3) is 0 Å². The molecule has 5 heteroatoms. The van der Waals surface area contributed by atoms with Crippen LogP contribution >= 0.6 is 11.8 Å². The van der Waals surface area contributed by atoms with Gasteiger partial charge in [0, 0.05) is 23.0 Å². The maximum absolute atomic E-state index is 12.2. The Labute approximate surface area is 117 Å². The average molecular weight is 278 g/mol. The number of anilines is 1. The molecule has 1 fully saturated rings. The highest BCUT2D eigenvalue weighted by Crippen LogP contribution is 2.34. The Morgan fingerprint density at radius 3 is 2.58 bits per heavy atom. The summed E-state index contributed by atoms with van der Waals surface area (Å²) >= 11 is 1.45. The Morgan fingerprint density at radius 2 is 2.05 bits per heavy atom. The summed E-state index contributed by atoms with van der Waals surface area (Å²) in [5, 5.41) is -0.308. The molecule has 0 spiro atoms. The molecule has 1 atom stereocenters. The average Bonchev–Trinajstić information content (AvgIpc) is 2.58. The first-order valence-corrected chi connectivity index (χ1v) is 7.17. The van der Waals surface area contributed by atoms with Crippen molar-refractivity contribution in [2.45, 2.75) is 43.4 Å². The molecule has 4 nitrogen and oxygen atoms in total. The van der Waals surface area contributed by atoms with Crippen LogP contribution in [0.1, 0.15) is 25.8 Å². The van der Waals surface area contributed by atoms with Gasteiger partial charge in [0.1, 0.15) is 0 Å². The first-order chi connectivity index (χ1) is 8.90. The fourth-order valence-corrected chi connectivity index (χ4v) is 3.35. The number of nitrogen functional groups attached to an aromatic ring is 1. The minimum atomic E-state index is -0.308. The third-order valence-electron chi connectivity index (χ3n) is 3.13. The Bertz CT molecular complexity index is 528. The van der Waals surface area contributed by atoms with E-state index in [1.54, 1.807) is 0 Å². The summed E-state index contributed by atoms with van der Waals surface area (Å²) < 4.78 is 0. The maximum atomic E-state index is 12.2. The van der Waals surface area contributed by atoms with Crippen molar-refractivity contribution in [3.8, 4) is 0 Å². The summed E-state index contributed by atoms with van der Waals surface area (Å²) in [6, 6.07) is 5.53. The van der Waals surface area contributed by atoms with Crippen LogP contribution in [-0.2, 0) is 9.59 Å². The van der Waals surface area contributed by atoms with E-state index in [-0.39, 0.29) is 29.5 Å². The van der Waals surface area contributed by atoms with Crippen LogP contribution in [0, 0.1) is 6.92 Å². The second-order valence-electron chi connectivity index (χ2n) is 5.03. The molecule has 1 saturated heterocycles. The van der Waals surface area contributed by atoms with E-state index in [4.69, 9.17) is 5.73 Å². The van der Waals surface area contributed by atoms with Crippen LogP contribution in [0.3, 0.4) is 0 Å². The van der Waals surface area contributed by atoms with Gasteiger partial charge in [0.05, 0.1) is 5.25 Å². The van der Waals surface area contributed by atoms with Crippen molar-refractivity contribution < 1.29 is 9.59 Å². The number of nitrogens with zero attached hydrogens (tertiary/aromatic N) is 1. The molecule has 2 amide bonds. The van der Waals surface area contributed by atoms with Gasteiger partial charge in [0.2, 0.25) is 11.8 Å². The van der Waals surface area contributed by atoms with E-state index >= 15 is 0 Å². The van der Waals surface area contributed by atoms with E-state index in [0.29, 0.717) is 5.69 Å². The summed E-state index contributed by atoms with van der Waals surface area (Å²) in [6.45, 7) is 5.68. The first-order valence-electron chi connectivity index (χ1n) is 6.29. The molecule has 1 aliphatic rings. The quantitative estimate of drug-likeness (QED) is 0.680. The molecule has 2 rings (SSSR count). The number of aryl methyl sites for hydroxylation is 1. The van der Waals surface area contributed by atoms with E-state index in [2.05, 4.69) is 0 Å². The number of likely N-dealkylation sites (tertiary alicyclic amines) is 1. The number of hydrogen-bond donors (Lipinski definition) is 1. The Morgan fingerprint density at radius 1 is 1.37 bits per heavy atom. The predicted molar refractivity (Wildman–Crippen MR) is 76.8 cm³/mol. The smallest absolute Gasteiger partial charge is 0.243 e. The number of nitrogens with two attached hydrogens (primary N) is 1. The van der Waals surface area contributed by atoms with Gasteiger partial charge in [-0.1, -0.05) is 0 Å². The summed E-state index contributed by atoms with van der Waals surface area (Å²) in [7, 11) is 0. The normalized spacial score (nSPS) is 19.6. The molecule has 1 aromatic carbocycles. The monoisotopic (exact) mass is 278 g/mol. The Hall–Kier alpha value is -1.49. The number of imide groups is 1. The first kappa shape index (κ1) is 13.9. The lowest BCUT2D eigenvalue weighted by Gasteiger charge is -2.19. The van der Waals surface area contributed by atoms with Crippen LogP contribution in [-0.4, -0.2) is 28.0 Å². The molecule has 0 saturated carbocycles. The highest BCUT2D eigenvalue weighted by molar-refractivity contribution is 8.00. The van der Waals surface area contributed by atoms with Gasteiger partial charge in [-0.25, -0.2) is 0 Å². The third-order valence-corrected chi connectivity index (χ3v) is 4.49. The van der Waals surface area contributed by atoms with Crippen molar-refractivity contribution in [3.05, 3.63) is 23.8 Å². The second-order valence-corrected chi connectivity index (χ2v) is 6.28. The molecule has 19 heavy (non-hydrogen) atoms. The zero-order valence-electron chi connectivity index (χ0n) is 11.3. The molecule has 1 aromatic rings. The number of hydrogen-bond acceptors (Lipinski definition) is 4. The molecule has 0 radical (unpaired) electrons. The van der Waals surface area contributed by atoms with Crippen LogP contribution in [0.4, 0.5) is 5.69 Å². The van der Waals surface area contributed by atoms with Gasteiger partial charge in [0.15, 0.2) is 0 Å². The fraction of sp³-hybridized carbons (Fsp3) is 0.429. The van der Waals surface area contributed by atoms with Crippen LogP contribution in [0.2, 0.25) is 0 Å². The molecule has 0 aromatic heterocycles. The van der Waals surface area contributed by atoms with E-state index < -0.39 is 0 Å². The van der Waals surface area contributed by atoms with Crippen LogP contribution in [0.5, 0.6) is 0 Å². The van der Waals surface area contributed by atoms with E-state index in [1.165, 1.54) is 16.7 Å². The van der Waals surface area contributed by atoms with Gasteiger partial charge in [-0.15, -0.1) is 11.8 Å². The number of carbonyl (C=O) groups excluding carboxylic acids is 2. The number of amides is 2. The lowest BCUT2D eigenvalue weighted by Crippen LogP contribution is -2.37. The van der Waals surface area contributed by atoms with E-state index in [0.717, 1.165) is 10.5 Å². The summed E-state index contributed by atoms with van der Waals surface area (Å²) in [4.78, 5) is 26.4. The summed E-state index contributed by atoms with van der Waals surface area (Å²) in [6.07, 6.45) is 0.283. The van der Waals surface area contributed by atoms with Crippen molar-refractivity contribution >= 4 is 29.3 Å². The standard InChI is InChI=1S/C14H18N2O2S/c1-8(2)16-13(17)7-12(14(16)18)19-11-5-4-10(15)6-9(11)3/h4-6,8,12H,7,15H2,1-3H3. The Kier molecular flexibility index (Phi) is 3.85. The van der Waals surface area contributed by atoms with Gasteiger partial charge in [-0.2, -0.15) is 0 Å². The second kappa shape index (κ2) is 5.25. The summed E-state index contributed by atoms with van der Waals surface area (Å²) in [5.74, 6) is -0.160. The minimum absolute atomic E-state index is 0.0712. The molecule has 102 valence electrons. The lowest BCUT2D eigenvalue weighted by atomic mass is 10.2. The number of benzene rings is 1. The minimum Gasteiger partial charge on any atom is -0.399 e. The molecule has 1 unspecified atom stereocenters. The van der Waals surface area contributed by atoms with Crippen molar-refractivity contribution in [3.63, 3.8) is 0 Å². The maximum Gasteiger partial charge on any atom is 0.243 e. The number of rotatable bonds is 3. The van der Waals surface area contributed by atoms with E-state index in [9.17, 15) is 9.59 Å². The highest BCUT2D eigenvalue weighted by atomic mass is 32.2. The van der Waals surface area contributed by atoms with Crippen molar-refractivity contribution in [1.82, 2.24) is 4.90 Å². The highest BCUT2D eigenvalue weighted by Gasteiger charge is 2.40. The van der Waals surface area contributed by atoms with Gasteiger partial charge < -0.3 is 5.73 Å². The zero-order valence-corrected chi connectivity index (χ0v) is 12.2. The molecular weight excluding hydrogens is 260 g/mol. The summed E-state index contributed by atoms with van der Waals surface area (Å²) in [5.41, 5.74) is 7.45. The number of thioether (sulfide) groups is 1. The van der Waals surface area contributed by atoms with Gasteiger partial charge in [0.25, 0.3) is 0 Å². The lowest BCUT2D eigenvalue weighted by molar-refractivity contribution is -0.140. The van der Waals surface area contributed by atoms with Gasteiger partial charge in [-0.05, 0) is 44.5 Å². The van der Waals surface area contributed by atoms with Crippen molar-refractivity contribution in [2.24, 2.45) is 0 Å². The third kappa shape index (κ3) is 2.76. The predicted octanol–water partition coefficient (Wildman–Crippen LogP) is 2.21. The molecule has 0 aliphatic carbocycles. The zero-order chi connectivity index (χ0) is 14.2. The fourth-order valence-electron chi connectivity index (χ4n) is 2.21.